The summed E-state index contributed by atoms with van der Waals surface area (Å²) in [6, 6.07) is 11.9. The quantitative estimate of drug-likeness (QED) is 0.814. The maximum absolute atomic E-state index is 8.75. The number of anilines is 1. The summed E-state index contributed by atoms with van der Waals surface area (Å²) < 4.78 is 0. The van der Waals surface area contributed by atoms with E-state index in [9.17, 15) is 0 Å². The normalized spacial score (nSPS) is 30.9. The Morgan fingerprint density at radius 3 is 2.35 bits per heavy atom. The highest BCUT2D eigenvalue weighted by Gasteiger charge is 2.33. The van der Waals surface area contributed by atoms with Crippen molar-refractivity contribution in [1.82, 2.24) is 5.32 Å². The van der Waals surface area contributed by atoms with E-state index in [1.165, 1.54) is 25.7 Å². The van der Waals surface area contributed by atoms with Crippen LogP contribution < -0.4 is 10.6 Å². The molecule has 0 aliphatic carbocycles. The van der Waals surface area contributed by atoms with E-state index in [1.807, 2.05) is 24.3 Å². The second-order valence-electron chi connectivity index (χ2n) is 5.14. The molecule has 88 valence electrons. The molecular weight excluding hydrogens is 210 g/mol. The Hall–Kier alpha value is -1.53. The minimum atomic E-state index is 0.585. The molecular formula is C14H17N3. The molecule has 1 aromatic carbocycles. The molecule has 0 amide bonds. The Balaban J connectivity index is 1.64. The second-order valence-corrected chi connectivity index (χ2v) is 5.14. The number of hydrogen-bond donors (Lipinski definition) is 2. The molecule has 3 rings (SSSR count). The van der Waals surface area contributed by atoms with Crippen LogP contribution in [0, 0.1) is 11.3 Å². The molecule has 3 nitrogen and oxygen atoms in total. The molecule has 2 unspecified atom stereocenters. The zero-order valence-corrected chi connectivity index (χ0v) is 9.82. The van der Waals surface area contributed by atoms with Crippen molar-refractivity contribution in [1.29, 1.82) is 5.26 Å². The Morgan fingerprint density at radius 1 is 1.12 bits per heavy atom. The lowest BCUT2D eigenvalue weighted by Crippen LogP contribution is -2.43. The second kappa shape index (κ2) is 4.38. The first-order valence-electron chi connectivity index (χ1n) is 6.36. The van der Waals surface area contributed by atoms with Gasteiger partial charge in [0.25, 0.3) is 0 Å². The van der Waals surface area contributed by atoms with Gasteiger partial charge in [0.2, 0.25) is 0 Å². The molecule has 2 fully saturated rings. The summed E-state index contributed by atoms with van der Waals surface area (Å²) >= 11 is 0. The summed E-state index contributed by atoms with van der Waals surface area (Å²) in [6.07, 6.45) is 5.10. The van der Waals surface area contributed by atoms with Crippen molar-refractivity contribution in [2.45, 2.75) is 43.8 Å². The maximum atomic E-state index is 8.75. The van der Waals surface area contributed by atoms with E-state index in [2.05, 4.69) is 16.7 Å². The van der Waals surface area contributed by atoms with Gasteiger partial charge >= 0.3 is 0 Å². The number of piperidine rings is 1. The number of benzene rings is 1. The van der Waals surface area contributed by atoms with Crippen molar-refractivity contribution in [3.05, 3.63) is 29.8 Å². The van der Waals surface area contributed by atoms with Crippen LogP contribution in [0.2, 0.25) is 0 Å². The van der Waals surface area contributed by atoms with E-state index < -0.39 is 0 Å². The lowest BCUT2D eigenvalue weighted by atomic mass is 9.99. The average Bonchev–Trinajstić information content (AvgIpc) is 2.70. The standard InChI is InChI=1S/C14H17N3/c15-9-10-1-3-11(4-2-10)16-14-7-12-5-6-13(8-14)17-12/h1-4,12-14,16-17H,5-8H2. The first-order valence-corrected chi connectivity index (χ1v) is 6.36. The van der Waals surface area contributed by atoms with Crippen molar-refractivity contribution in [3.8, 4) is 6.07 Å². The third-order valence-corrected chi connectivity index (χ3v) is 3.86. The molecule has 1 aromatic rings. The molecule has 2 atom stereocenters. The molecule has 0 radical (unpaired) electrons. The zero-order valence-electron chi connectivity index (χ0n) is 9.82. The van der Waals surface area contributed by atoms with Gasteiger partial charge in [0.15, 0.2) is 0 Å². The van der Waals surface area contributed by atoms with Gasteiger partial charge in [0.1, 0.15) is 0 Å². The van der Waals surface area contributed by atoms with Crippen LogP contribution >= 0.6 is 0 Å². The first kappa shape index (κ1) is 10.6. The third-order valence-electron chi connectivity index (χ3n) is 3.86. The zero-order chi connectivity index (χ0) is 11.7. The fourth-order valence-electron chi connectivity index (χ4n) is 3.05. The molecule has 2 bridgehead atoms. The van der Waals surface area contributed by atoms with Crippen molar-refractivity contribution in [2.24, 2.45) is 0 Å². The molecule has 0 aromatic heterocycles. The van der Waals surface area contributed by atoms with Gasteiger partial charge in [0, 0.05) is 23.8 Å². The van der Waals surface area contributed by atoms with Gasteiger partial charge in [-0.15, -0.1) is 0 Å². The van der Waals surface area contributed by atoms with E-state index in [1.54, 1.807) is 0 Å². The third kappa shape index (κ3) is 2.27. The highest BCUT2D eigenvalue weighted by Crippen LogP contribution is 2.28. The molecule has 0 spiro atoms. The number of nitrogens with zero attached hydrogens (tertiary/aromatic N) is 1. The van der Waals surface area contributed by atoms with Gasteiger partial charge in [0.05, 0.1) is 11.6 Å². The van der Waals surface area contributed by atoms with Crippen molar-refractivity contribution in [2.75, 3.05) is 5.32 Å². The Bertz CT molecular complexity index is 420. The molecule has 2 aliphatic heterocycles. The number of fused-ring (bicyclic) bond motifs is 2. The molecule has 3 heteroatoms. The predicted molar refractivity (Wildman–Crippen MR) is 67.7 cm³/mol. The lowest BCUT2D eigenvalue weighted by Gasteiger charge is -2.30. The van der Waals surface area contributed by atoms with Crippen molar-refractivity contribution < 1.29 is 0 Å². The molecule has 2 aliphatic rings. The largest absolute Gasteiger partial charge is 0.382 e. The van der Waals surface area contributed by atoms with E-state index in [-0.39, 0.29) is 0 Å². The van der Waals surface area contributed by atoms with E-state index in [0.717, 1.165) is 11.3 Å². The molecule has 2 heterocycles. The molecule has 2 N–H and O–H groups in total. The van der Waals surface area contributed by atoms with Crippen LogP contribution in [0.3, 0.4) is 0 Å². The Kier molecular flexibility index (Phi) is 2.74. The van der Waals surface area contributed by atoms with Crippen LogP contribution in [0.5, 0.6) is 0 Å². The lowest BCUT2D eigenvalue weighted by molar-refractivity contribution is 0.378. The minimum absolute atomic E-state index is 0.585. The van der Waals surface area contributed by atoms with Crippen LogP contribution in [0.15, 0.2) is 24.3 Å². The summed E-state index contributed by atoms with van der Waals surface area (Å²) in [4.78, 5) is 0. The number of nitriles is 1. The highest BCUT2D eigenvalue weighted by molar-refractivity contribution is 5.48. The summed E-state index contributed by atoms with van der Waals surface area (Å²) in [5.74, 6) is 0. The summed E-state index contributed by atoms with van der Waals surface area (Å²) in [6.45, 7) is 0. The van der Waals surface area contributed by atoms with Crippen molar-refractivity contribution >= 4 is 5.69 Å². The topological polar surface area (TPSA) is 47.9 Å². The summed E-state index contributed by atoms with van der Waals surface area (Å²) in [5, 5.41) is 16.0. The van der Waals surface area contributed by atoms with E-state index in [4.69, 9.17) is 5.26 Å². The molecule has 0 saturated carbocycles. The van der Waals surface area contributed by atoms with E-state index in [0.29, 0.717) is 18.1 Å². The Morgan fingerprint density at radius 2 is 1.76 bits per heavy atom. The van der Waals surface area contributed by atoms with Crippen LogP contribution in [0.4, 0.5) is 5.69 Å². The van der Waals surface area contributed by atoms with Crippen LogP contribution in [-0.2, 0) is 0 Å². The fourth-order valence-corrected chi connectivity index (χ4v) is 3.05. The average molecular weight is 227 g/mol. The van der Waals surface area contributed by atoms with E-state index >= 15 is 0 Å². The van der Waals surface area contributed by atoms with Gasteiger partial charge in [-0.3, -0.25) is 0 Å². The SMILES string of the molecule is N#Cc1ccc(NC2CC3CCC(C2)N3)cc1. The van der Waals surface area contributed by atoms with Crippen molar-refractivity contribution in [3.63, 3.8) is 0 Å². The van der Waals surface area contributed by atoms with Gasteiger partial charge in [-0.2, -0.15) is 5.26 Å². The highest BCUT2D eigenvalue weighted by atomic mass is 15.0. The van der Waals surface area contributed by atoms with Crippen LogP contribution in [0.25, 0.3) is 0 Å². The molecule has 2 saturated heterocycles. The van der Waals surface area contributed by atoms with Gasteiger partial charge in [-0.05, 0) is 49.9 Å². The summed E-state index contributed by atoms with van der Waals surface area (Å²) in [5.41, 5.74) is 1.86. The summed E-state index contributed by atoms with van der Waals surface area (Å²) in [7, 11) is 0. The monoisotopic (exact) mass is 227 g/mol. The minimum Gasteiger partial charge on any atom is -0.382 e. The molecule has 17 heavy (non-hydrogen) atoms. The van der Waals surface area contributed by atoms with Gasteiger partial charge in [-0.1, -0.05) is 0 Å². The number of hydrogen-bond acceptors (Lipinski definition) is 3. The smallest absolute Gasteiger partial charge is 0.0991 e. The predicted octanol–water partition coefficient (Wildman–Crippen LogP) is 2.25. The first-order chi connectivity index (χ1) is 8.33. The van der Waals surface area contributed by atoms with Crippen LogP contribution in [-0.4, -0.2) is 18.1 Å². The Labute approximate surface area is 102 Å². The number of rotatable bonds is 2. The number of nitrogens with one attached hydrogen (secondary N) is 2. The van der Waals surface area contributed by atoms with Crippen LogP contribution in [0.1, 0.15) is 31.2 Å². The fraction of sp³-hybridized carbons (Fsp3) is 0.500. The van der Waals surface area contributed by atoms with Gasteiger partial charge in [-0.25, -0.2) is 0 Å². The van der Waals surface area contributed by atoms with Gasteiger partial charge < -0.3 is 10.6 Å². The maximum Gasteiger partial charge on any atom is 0.0991 e.